The standard InChI is InChI=1S/C17H19N3O3.2ClH/c1-19-7-3-6-16(19)12-23-17-9-14(10-18-11-17)13-4-2-5-15(8-13)20(21)22;;/h2,4-5,8-11,16H,3,6-7,12H2,1H3;2*1H/t16-;;/m0../s1. The van der Waals surface area contributed by atoms with E-state index in [1.165, 1.54) is 12.5 Å². The van der Waals surface area contributed by atoms with Gasteiger partial charge in [0.25, 0.3) is 5.69 Å². The molecular formula is C17H21Cl2N3O3. The van der Waals surface area contributed by atoms with E-state index < -0.39 is 4.92 Å². The Morgan fingerprint density at radius 1 is 1.28 bits per heavy atom. The van der Waals surface area contributed by atoms with E-state index >= 15 is 0 Å². The minimum atomic E-state index is -0.396. The second-order valence-electron chi connectivity index (χ2n) is 5.80. The van der Waals surface area contributed by atoms with Gasteiger partial charge in [-0.25, -0.2) is 0 Å². The second-order valence-corrected chi connectivity index (χ2v) is 5.80. The van der Waals surface area contributed by atoms with Gasteiger partial charge >= 0.3 is 0 Å². The lowest BCUT2D eigenvalue weighted by atomic mass is 10.1. The predicted octanol–water partition coefficient (Wildman–Crippen LogP) is 3.97. The van der Waals surface area contributed by atoms with Gasteiger partial charge in [0.2, 0.25) is 0 Å². The highest BCUT2D eigenvalue weighted by molar-refractivity contribution is 5.85. The molecule has 0 N–H and O–H groups in total. The molecule has 0 unspecified atom stereocenters. The smallest absolute Gasteiger partial charge is 0.270 e. The number of halogens is 2. The fraction of sp³-hybridized carbons (Fsp3) is 0.353. The molecule has 0 saturated carbocycles. The Kier molecular flexibility index (Phi) is 8.09. The molecule has 1 aromatic heterocycles. The summed E-state index contributed by atoms with van der Waals surface area (Å²) < 4.78 is 5.86. The SMILES string of the molecule is CN1CCC[C@H]1COc1cncc(-c2cccc([N+](=O)[O-])c2)c1.Cl.Cl. The molecular weight excluding hydrogens is 365 g/mol. The highest BCUT2D eigenvalue weighted by Crippen LogP contribution is 2.26. The summed E-state index contributed by atoms with van der Waals surface area (Å²) in [6.45, 7) is 1.75. The van der Waals surface area contributed by atoms with Crippen LogP contribution in [0.1, 0.15) is 12.8 Å². The summed E-state index contributed by atoms with van der Waals surface area (Å²) in [4.78, 5) is 17.0. The van der Waals surface area contributed by atoms with Crippen molar-refractivity contribution in [1.82, 2.24) is 9.88 Å². The minimum absolute atomic E-state index is 0. The number of likely N-dealkylation sites (tertiary alicyclic amines) is 1. The molecule has 1 saturated heterocycles. The van der Waals surface area contributed by atoms with Crippen LogP contribution in [0.5, 0.6) is 5.75 Å². The van der Waals surface area contributed by atoms with E-state index in [1.54, 1.807) is 24.5 Å². The number of non-ortho nitro benzene ring substituents is 1. The zero-order valence-electron chi connectivity index (χ0n) is 13.8. The number of ether oxygens (including phenoxy) is 1. The Balaban J connectivity index is 0.00000156. The number of benzene rings is 1. The summed E-state index contributed by atoms with van der Waals surface area (Å²) in [5, 5.41) is 10.9. The lowest BCUT2D eigenvalue weighted by Crippen LogP contribution is -2.30. The molecule has 1 atom stereocenters. The van der Waals surface area contributed by atoms with Gasteiger partial charge in [-0.2, -0.15) is 0 Å². The molecule has 1 aromatic carbocycles. The topological polar surface area (TPSA) is 68.5 Å². The summed E-state index contributed by atoms with van der Waals surface area (Å²) in [5.74, 6) is 0.689. The van der Waals surface area contributed by atoms with Gasteiger partial charge in [-0.1, -0.05) is 12.1 Å². The highest BCUT2D eigenvalue weighted by atomic mass is 35.5. The number of aromatic nitrogens is 1. The molecule has 8 heteroatoms. The van der Waals surface area contributed by atoms with Crippen molar-refractivity contribution in [2.75, 3.05) is 20.2 Å². The fourth-order valence-electron chi connectivity index (χ4n) is 2.84. The van der Waals surface area contributed by atoms with Crippen LogP contribution in [-0.2, 0) is 0 Å². The van der Waals surface area contributed by atoms with Gasteiger partial charge < -0.3 is 9.64 Å². The van der Waals surface area contributed by atoms with E-state index in [1.807, 2.05) is 12.1 Å². The lowest BCUT2D eigenvalue weighted by molar-refractivity contribution is -0.384. The molecule has 0 aliphatic carbocycles. The molecule has 0 radical (unpaired) electrons. The number of nitro benzene ring substituents is 1. The van der Waals surface area contributed by atoms with Crippen LogP contribution in [0.4, 0.5) is 5.69 Å². The van der Waals surface area contributed by atoms with Crippen molar-refractivity contribution < 1.29 is 9.66 Å². The molecule has 1 fully saturated rings. The van der Waals surface area contributed by atoms with Crippen LogP contribution in [0.3, 0.4) is 0 Å². The molecule has 136 valence electrons. The quantitative estimate of drug-likeness (QED) is 0.575. The largest absolute Gasteiger partial charge is 0.490 e. The maximum absolute atomic E-state index is 10.9. The maximum atomic E-state index is 10.9. The van der Waals surface area contributed by atoms with Crippen LogP contribution in [-0.4, -0.2) is 41.0 Å². The fourth-order valence-corrected chi connectivity index (χ4v) is 2.84. The average molecular weight is 386 g/mol. The zero-order valence-corrected chi connectivity index (χ0v) is 15.5. The van der Waals surface area contributed by atoms with Crippen molar-refractivity contribution in [2.24, 2.45) is 0 Å². The maximum Gasteiger partial charge on any atom is 0.270 e. The Hall–Kier alpha value is -1.89. The average Bonchev–Trinajstić information content (AvgIpc) is 2.98. The number of hydrogen-bond acceptors (Lipinski definition) is 5. The number of hydrogen-bond donors (Lipinski definition) is 0. The predicted molar refractivity (Wildman–Crippen MR) is 102 cm³/mol. The van der Waals surface area contributed by atoms with Crippen molar-refractivity contribution in [1.29, 1.82) is 0 Å². The molecule has 0 spiro atoms. The van der Waals surface area contributed by atoms with E-state index in [0.717, 1.165) is 24.1 Å². The third-order valence-electron chi connectivity index (χ3n) is 4.22. The Morgan fingerprint density at radius 3 is 2.76 bits per heavy atom. The third kappa shape index (κ3) is 5.29. The van der Waals surface area contributed by atoms with Gasteiger partial charge in [-0.05, 0) is 38.1 Å². The molecule has 0 bridgehead atoms. The van der Waals surface area contributed by atoms with Crippen molar-refractivity contribution in [3.8, 4) is 16.9 Å². The normalized spacial score (nSPS) is 16.6. The first-order valence-electron chi connectivity index (χ1n) is 7.66. The van der Waals surface area contributed by atoms with E-state index in [0.29, 0.717) is 18.4 Å². The summed E-state index contributed by atoms with van der Waals surface area (Å²) in [6, 6.07) is 8.85. The highest BCUT2D eigenvalue weighted by Gasteiger charge is 2.21. The minimum Gasteiger partial charge on any atom is -0.490 e. The van der Waals surface area contributed by atoms with Gasteiger partial charge in [0.1, 0.15) is 12.4 Å². The Labute approximate surface area is 159 Å². The first kappa shape index (κ1) is 21.2. The van der Waals surface area contributed by atoms with E-state index in [4.69, 9.17) is 4.74 Å². The number of pyridine rings is 1. The van der Waals surface area contributed by atoms with Crippen LogP contribution < -0.4 is 4.74 Å². The van der Waals surface area contributed by atoms with Gasteiger partial charge in [-0.3, -0.25) is 15.1 Å². The number of rotatable bonds is 5. The summed E-state index contributed by atoms with van der Waals surface area (Å²) in [7, 11) is 2.11. The van der Waals surface area contributed by atoms with Gasteiger partial charge in [0.15, 0.2) is 0 Å². The van der Waals surface area contributed by atoms with Crippen LogP contribution >= 0.6 is 24.8 Å². The Bertz CT molecular complexity index is 715. The van der Waals surface area contributed by atoms with Gasteiger partial charge in [-0.15, -0.1) is 24.8 Å². The van der Waals surface area contributed by atoms with Gasteiger partial charge in [0, 0.05) is 29.9 Å². The lowest BCUT2D eigenvalue weighted by Gasteiger charge is -2.19. The van der Waals surface area contributed by atoms with Crippen LogP contribution in [0.25, 0.3) is 11.1 Å². The molecule has 25 heavy (non-hydrogen) atoms. The Morgan fingerprint density at radius 2 is 2.08 bits per heavy atom. The van der Waals surface area contributed by atoms with E-state index in [9.17, 15) is 10.1 Å². The second kappa shape index (κ2) is 9.56. The van der Waals surface area contributed by atoms with Crippen molar-refractivity contribution in [3.05, 3.63) is 52.8 Å². The summed E-state index contributed by atoms with van der Waals surface area (Å²) >= 11 is 0. The number of likely N-dealkylation sites (N-methyl/N-ethyl adjacent to an activating group) is 1. The molecule has 6 nitrogen and oxygen atoms in total. The van der Waals surface area contributed by atoms with Crippen molar-refractivity contribution in [2.45, 2.75) is 18.9 Å². The van der Waals surface area contributed by atoms with Crippen LogP contribution in [0.15, 0.2) is 42.7 Å². The van der Waals surface area contributed by atoms with Gasteiger partial charge in [0.05, 0.1) is 11.1 Å². The number of nitro groups is 1. The first-order valence-corrected chi connectivity index (χ1v) is 7.66. The van der Waals surface area contributed by atoms with Crippen molar-refractivity contribution in [3.63, 3.8) is 0 Å². The summed E-state index contributed by atoms with van der Waals surface area (Å²) in [5.41, 5.74) is 1.64. The molecule has 1 aliphatic heterocycles. The van der Waals surface area contributed by atoms with E-state index in [2.05, 4.69) is 16.9 Å². The molecule has 2 aromatic rings. The molecule has 3 rings (SSSR count). The van der Waals surface area contributed by atoms with E-state index in [-0.39, 0.29) is 30.5 Å². The molecule has 0 amide bonds. The molecule has 2 heterocycles. The first-order chi connectivity index (χ1) is 11.1. The van der Waals surface area contributed by atoms with Crippen LogP contribution in [0, 0.1) is 10.1 Å². The zero-order chi connectivity index (χ0) is 16.2. The molecule has 1 aliphatic rings. The van der Waals surface area contributed by atoms with Crippen LogP contribution in [0.2, 0.25) is 0 Å². The monoisotopic (exact) mass is 385 g/mol. The number of nitrogens with zero attached hydrogens (tertiary/aromatic N) is 3. The third-order valence-corrected chi connectivity index (χ3v) is 4.22. The summed E-state index contributed by atoms with van der Waals surface area (Å²) in [6.07, 6.45) is 5.72. The van der Waals surface area contributed by atoms with Crippen molar-refractivity contribution >= 4 is 30.5 Å².